The van der Waals surface area contributed by atoms with Crippen molar-refractivity contribution in [3.8, 4) is 22.4 Å². The van der Waals surface area contributed by atoms with Crippen LogP contribution < -0.4 is 4.57 Å². The van der Waals surface area contributed by atoms with Crippen molar-refractivity contribution in [3.05, 3.63) is 77.1 Å². The maximum atomic E-state index is 15.0. The second kappa shape index (κ2) is 6.08. The molecule has 0 fully saturated rings. The second-order valence-corrected chi connectivity index (χ2v) is 7.75. The Kier molecular flexibility index (Phi) is 3.89. The van der Waals surface area contributed by atoms with Crippen LogP contribution in [0.5, 0.6) is 0 Å². The third-order valence-electron chi connectivity index (χ3n) is 4.57. The quantitative estimate of drug-likeness (QED) is 0.402. The van der Waals surface area contributed by atoms with E-state index in [-0.39, 0.29) is 5.82 Å². The Morgan fingerprint density at radius 2 is 1.72 bits per heavy atom. The largest absolute Gasteiger partial charge is 0.248 e. The molecule has 25 heavy (non-hydrogen) atoms. The Morgan fingerprint density at radius 1 is 0.920 bits per heavy atom. The lowest BCUT2D eigenvalue weighted by Crippen LogP contribution is -2.32. The molecule has 0 unspecified atom stereocenters. The molecule has 0 atom stereocenters. The highest BCUT2D eigenvalue weighted by Gasteiger charge is 2.20. The summed E-state index contributed by atoms with van der Waals surface area (Å²) in [7, 11) is 1.90. The van der Waals surface area contributed by atoms with Crippen molar-refractivity contribution >= 4 is 21.4 Å². The van der Waals surface area contributed by atoms with E-state index in [1.54, 1.807) is 17.4 Å². The fourth-order valence-electron chi connectivity index (χ4n) is 3.34. The van der Waals surface area contributed by atoms with E-state index in [2.05, 4.69) is 31.2 Å². The minimum Gasteiger partial charge on any atom is -0.200 e. The first-order chi connectivity index (χ1) is 12.0. The highest BCUT2D eigenvalue weighted by molar-refractivity contribution is 7.19. The van der Waals surface area contributed by atoms with E-state index < -0.39 is 0 Å². The lowest BCUT2D eigenvalue weighted by atomic mass is 10.0. The first-order valence-electron chi connectivity index (χ1n) is 8.29. The van der Waals surface area contributed by atoms with Crippen molar-refractivity contribution in [2.24, 2.45) is 7.05 Å². The Morgan fingerprint density at radius 3 is 2.48 bits per heavy atom. The minimum absolute atomic E-state index is 0.197. The van der Waals surface area contributed by atoms with Crippen molar-refractivity contribution in [3.63, 3.8) is 0 Å². The molecule has 0 radical (unpaired) electrons. The van der Waals surface area contributed by atoms with Crippen molar-refractivity contribution in [1.29, 1.82) is 0 Å². The van der Waals surface area contributed by atoms with Crippen LogP contribution in [-0.2, 0) is 7.05 Å². The summed E-state index contributed by atoms with van der Waals surface area (Å²) in [5.41, 5.74) is 4.55. The average Bonchev–Trinajstić information content (AvgIpc) is 2.95. The molecule has 0 aliphatic heterocycles. The molecular formula is C22H19FNS+. The summed E-state index contributed by atoms with van der Waals surface area (Å²) in [6.45, 7) is 4.12. The van der Waals surface area contributed by atoms with Gasteiger partial charge in [0.1, 0.15) is 7.05 Å². The van der Waals surface area contributed by atoms with Gasteiger partial charge in [-0.3, -0.25) is 0 Å². The van der Waals surface area contributed by atoms with Crippen LogP contribution in [0.4, 0.5) is 4.39 Å². The van der Waals surface area contributed by atoms with Crippen LogP contribution in [0.15, 0.2) is 60.8 Å². The van der Waals surface area contributed by atoms with E-state index in [0.29, 0.717) is 5.69 Å². The average molecular weight is 348 g/mol. The molecule has 0 bridgehead atoms. The number of halogens is 1. The van der Waals surface area contributed by atoms with Gasteiger partial charge >= 0.3 is 0 Å². The summed E-state index contributed by atoms with van der Waals surface area (Å²) in [4.78, 5) is 1.29. The fraction of sp³-hybridized carbons (Fsp3) is 0.136. The van der Waals surface area contributed by atoms with E-state index in [1.807, 2.05) is 49.0 Å². The number of thiophene rings is 1. The number of aryl methyl sites for hydroxylation is 3. The molecule has 4 aromatic rings. The molecule has 2 heterocycles. The number of benzene rings is 2. The van der Waals surface area contributed by atoms with E-state index in [9.17, 15) is 4.39 Å². The van der Waals surface area contributed by atoms with Gasteiger partial charge in [-0.15, -0.1) is 11.3 Å². The number of nitrogens with zero attached hydrogens (tertiary/aromatic N) is 1. The van der Waals surface area contributed by atoms with E-state index in [4.69, 9.17) is 0 Å². The molecule has 2 aromatic heterocycles. The summed E-state index contributed by atoms with van der Waals surface area (Å²) >= 11 is 1.77. The van der Waals surface area contributed by atoms with Crippen molar-refractivity contribution in [2.75, 3.05) is 0 Å². The molecule has 0 aliphatic rings. The third-order valence-corrected chi connectivity index (χ3v) is 5.58. The van der Waals surface area contributed by atoms with Crippen molar-refractivity contribution < 1.29 is 8.96 Å². The van der Waals surface area contributed by atoms with Crippen LogP contribution in [0.25, 0.3) is 32.5 Å². The maximum Gasteiger partial charge on any atom is 0.248 e. The molecule has 124 valence electrons. The SMILES string of the molecule is Cc1cc2ccc(-c3cc(F)c(-c4ccccc4C)[n+](C)c3)cc2s1. The van der Waals surface area contributed by atoms with Crippen LogP contribution in [0.3, 0.4) is 0 Å². The molecule has 0 saturated carbocycles. The number of fused-ring (bicyclic) bond motifs is 1. The fourth-order valence-corrected chi connectivity index (χ4v) is 4.31. The zero-order valence-corrected chi connectivity index (χ0v) is 15.3. The van der Waals surface area contributed by atoms with Crippen molar-refractivity contribution in [2.45, 2.75) is 13.8 Å². The van der Waals surface area contributed by atoms with Gasteiger partial charge in [-0.05, 0) is 54.6 Å². The smallest absolute Gasteiger partial charge is 0.200 e. The van der Waals surface area contributed by atoms with Gasteiger partial charge in [0, 0.05) is 15.1 Å². The van der Waals surface area contributed by atoms with Gasteiger partial charge in [-0.25, -0.2) is 0 Å². The Labute approximate surface area is 151 Å². The molecule has 0 N–H and O–H groups in total. The van der Waals surface area contributed by atoms with Gasteiger partial charge in [-0.2, -0.15) is 8.96 Å². The third kappa shape index (κ3) is 2.85. The summed E-state index contributed by atoms with van der Waals surface area (Å²) in [6, 6.07) is 18.1. The number of rotatable bonds is 2. The lowest BCUT2D eigenvalue weighted by molar-refractivity contribution is -0.661. The molecule has 1 nitrogen and oxygen atoms in total. The number of pyridine rings is 1. The van der Waals surface area contributed by atoms with E-state index in [0.717, 1.165) is 22.3 Å². The maximum absolute atomic E-state index is 15.0. The van der Waals surface area contributed by atoms with Gasteiger partial charge < -0.3 is 0 Å². The summed E-state index contributed by atoms with van der Waals surface area (Å²) < 4.78 is 18.1. The molecule has 3 heteroatoms. The van der Waals surface area contributed by atoms with Crippen LogP contribution >= 0.6 is 11.3 Å². The minimum atomic E-state index is -0.197. The predicted molar refractivity (Wildman–Crippen MR) is 103 cm³/mol. The zero-order valence-electron chi connectivity index (χ0n) is 14.5. The first-order valence-corrected chi connectivity index (χ1v) is 9.10. The number of hydrogen-bond donors (Lipinski definition) is 0. The Balaban J connectivity index is 1.85. The van der Waals surface area contributed by atoms with E-state index in [1.165, 1.54) is 15.0 Å². The number of aromatic nitrogens is 1. The van der Waals surface area contributed by atoms with Gasteiger partial charge in [0.25, 0.3) is 0 Å². The Hall–Kier alpha value is -2.52. The summed E-state index contributed by atoms with van der Waals surface area (Å²) in [5.74, 6) is -0.197. The molecule has 0 saturated heterocycles. The molecule has 4 rings (SSSR count). The zero-order chi connectivity index (χ0) is 17.6. The van der Waals surface area contributed by atoms with Gasteiger partial charge in [-0.1, -0.05) is 30.3 Å². The normalized spacial score (nSPS) is 11.2. The van der Waals surface area contributed by atoms with Crippen LogP contribution in [0, 0.1) is 19.7 Å². The van der Waals surface area contributed by atoms with Gasteiger partial charge in [0.05, 0.1) is 5.56 Å². The first kappa shape index (κ1) is 16.0. The highest BCUT2D eigenvalue weighted by atomic mass is 32.1. The second-order valence-electron chi connectivity index (χ2n) is 6.46. The standard InChI is InChI=1S/C22H19FNS/c1-14-6-4-5-7-19(14)22-20(23)11-18(13-24(22)3)16-8-9-17-10-15(2)25-21(17)12-16/h4-13H,1-3H3/q+1. The monoisotopic (exact) mass is 348 g/mol. The predicted octanol–water partition coefficient (Wildman–Crippen LogP) is 5.82. The lowest BCUT2D eigenvalue weighted by Gasteiger charge is -2.08. The van der Waals surface area contributed by atoms with Crippen molar-refractivity contribution in [1.82, 2.24) is 0 Å². The van der Waals surface area contributed by atoms with Crippen LogP contribution in [0.2, 0.25) is 0 Å². The summed E-state index contributed by atoms with van der Waals surface area (Å²) in [5, 5.41) is 1.24. The van der Waals surface area contributed by atoms with E-state index >= 15 is 0 Å². The summed E-state index contributed by atoms with van der Waals surface area (Å²) in [6.07, 6.45) is 2.01. The topological polar surface area (TPSA) is 3.88 Å². The molecule has 0 aliphatic carbocycles. The number of hydrogen-bond acceptors (Lipinski definition) is 1. The molecular weight excluding hydrogens is 329 g/mol. The van der Waals surface area contributed by atoms with Gasteiger partial charge in [0.2, 0.25) is 5.69 Å². The van der Waals surface area contributed by atoms with Crippen LogP contribution in [0.1, 0.15) is 10.4 Å². The highest BCUT2D eigenvalue weighted by Crippen LogP contribution is 2.31. The van der Waals surface area contributed by atoms with Crippen LogP contribution in [-0.4, -0.2) is 0 Å². The molecule has 2 aromatic carbocycles. The molecule has 0 spiro atoms. The van der Waals surface area contributed by atoms with Gasteiger partial charge in [0.15, 0.2) is 12.0 Å². The Bertz CT molecular complexity index is 1070. The molecule has 0 amide bonds.